The molecular weight excluding hydrogens is 462 g/mol. The Balaban J connectivity index is 1.39. The van der Waals surface area contributed by atoms with Crippen LogP contribution in [0.2, 0.25) is 0 Å². The van der Waals surface area contributed by atoms with E-state index in [1.54, 1.807) is 24.3 Å². The first-order valence-electron chi connectivity index (χ1n) is 11.5. The van der Waals surface area contributed by atoms with Crippen LogP contribution in [0.4, 0.5) is 17.1 Å². The second-order valence-corrected chi connectivity index (χ2v) is 8.17. The van der Waals surface area contributed by atoms with Gasteiger partial charge in [-0.1, -0.05) is 24.3 Å². The molecule has 1 aliphatic rings. The highest BCUT2D eigenvalue weighted by molar-refractivity contribution is 6.05. The van der Waals surface area contributed by atoms with Crippen molar-refractivity contribution in [2.45, 2.75) is 12.4 Å². The monoisotopic (exact) mass is 493 g/mol. The molecule has 0 aromatic heterocycles. The molecule has 0 aliphatic carbocycles. The summed E-state index contributed by atoms with van der Waals surface area (Å²) in [6.07, 6.45) is -0.894. The van der Waals surface area contributed by atoms with Crippen LogP contribution in [0.25, 0.3) is 0 Å². The number of anilines is 3. The molecule has 1 amide bonds. The third-order valence-electron chi connectivity index (χ3n) is 5.74. The lowest BCUT2D eigenvalue weighted by molar-refractivity contribution is 0.102. The van der Waals surface area contributed by atoms with Gasteiger partial charge in [-0.15, -0.1) is 0 Å². The molecule has 3 aromatic carbocycles. The molecule has 4 rings (SSSR count). The van der Waals surface area contributed by atoms with Crippen LogP contribution in [0.1, 0.15) is 10.4 Å². The molecule has 0 radical (unpaired) electrons. The maximum atomic E-state index is 13.0. The van der Waals surface area contributed by atoms with Gasteiger partial charge >= 0.3 is 0 Å². The average molecular weight is 494 g/mol. The summed E-state index contributed by atoms with van der Waals surface area (Å²) in [5, 5.41) is 21.3. The summed E-state index contributed by atoms with van der Waals surface area (Å²) in [7, 11) is 4.57. The number of aliphatic hydroxyl groups is 1. The molecule has 36 heavy (non-hydrogen) atoms. The largest absolute Gasteiger partial charge is 0.493 e. The molecular formula is C26H31N5O5. The zero-order valence-electron chi connectivity index (χ0n) is 20.4. The number of para-hydroxylation sites is 1. The Hall–Kier alpha value is -3.99. The maximum absolute atomic E-state index is 13.0. The smallest absolute Gasteiger partial charge is 0.255 e. The minimum Gasteiger partial charge on any atom is -0.493 e. The Labute approximate surface area is 210 Å². The van der Waals surface area contributed by atoms with Gasteiger partial charge in [0.25, 0.3) is 5.91 Å². The Morgan fingerprint density at radius 1 is 0.972 bits per heavy atom. The van der Waals surface area contributed by atoms with Gasteiger partial charge < -0.3 is 35.0 Å². The molecule has 1 aliphatic heterocycles. The summed E-state index contributed by atoms with van der Waals surface area (Å²) in [5.41, 5.74) is 5.97. The molecule has 0 unspecified atom stereocenters. The van der Waals surface area contributed by atoms with E-state index in [1.807, 2.05) is 47.5 Å². The first-order valence-corrected chi connectivity index (χ1v) is 11.5. The quantitative estimate of drug-likeness (QED) is 0.272. The number of carbonyl (C=O) groups excluding carboxylic acids is 1. The van der Waals surface area contributed by atoms with Crippen LogP contribution in [-0.4, -0.2) is 57.8 Å². The van der Waals surface area contributed by atoms with E-state index in [4.69, 9.17) is 14.2 Å². The molecule has 1 heterocycles. The molecule has 5 N–H and O–H groups in total. The lowest BCUT2D eigenvalue weighted by atomic mass is 10.1. The van der Waals surface area contributed by atoms with E-state index in [9.17, 15) is 9.90 Å². The Morgan fingerprint density at radius 3 is 2.36 bits per heavy atom. The van der Waals surface area contributed by atoms with Gasteiger partial charge in [0.1, 0.15) is 0 Å². The van der Waals surface area contributed by atoms with Crippen molar-refractivity contribution in [2.24, 2.45) is 0 Å². The second kappa shape index (κ2) is 11.6. The molecule has 190 valence electrons. The molecule has 10 nitrogen and oxygen atoms in total. The van der Waals surface area contributed by atoms with Gasteiger partial charge in [0.2, 0.25) is 5.75 Å². The Bertz CT molecular complexity index is 1150. The van der Waals surface area contributed by atoms with Gasteiger partial charge in [-0.05, 0) is 30.3 Å². The predicted octanol–water partition coefficient (Wildman–Crippen LogP) is 2.64. The highest BCUT2D eigenvalue weighted by Gasteiger charge is 2.25. The maximum Gasteiger partial charge on any atom is 0.255 e. The third-order valence-corrected chi connectivity index (χ3v) is 5.74. The Kier molecular flexibility index (Phi) is 8.11. The highest BCUT2D eigenvalue weighted by Crippen LogP contribution is 2.40. The van der Waals surface area contributed by atoms with Crippen LogP contribution in [-0.2, 0) is 0 Å². The van der Waals surface area contributed by atoms with Crippen molar-refractivity contribution in [2.75, 3.05) is 50.1 Å². The molecule has 0 saturated carbocycles. The summed E-state index contributed by atoms with van der Waals surface area (Å²) in [4.78, 5) is 13.0. The molecule has 3 aromatic rings. The van der Waals surface area contributed by atoms with Crippen LogP contribution < -0.4 is 40.6 Å². The number of methoxy groups -OCH3 is 3. The number of amides is 1. The summed E-state index contributed by atoms with van der Waals surface area (Å²) in [6, 6.07) is 20.1. The lowest BCUT2D eigenvalue weighted by Crippen LogP contribution is -2.45. The van der Waals surface area contributed by atoms with E-state index in [2.05, 4.69) is 21.4 Å². The van der Waals surface area contributed by atoms with Crippen LogP contribution in [0.15, 0.2) is 66.7 Å². The van der Waals surface area contributed by atoms with Crippen molar-refractivity contribution < 1.29 is 24.1 Å². The Morgan fingerprint density at radius 2 is 1.69 bits per heavy atom. The number of hydrogen-bond donors (Lipinski definition) is 5. The lowest BCUT2D eigenvalue weighted by Gasteiger charge is -2.21. The van der Waals surface area contributed by atoms with Crippen LogP contribution in [0.3, 0.4) is 0 Å². The summed E-state index contributed by atoms with van der Waals surface area (Å²) in [6.45, 7) is 1.22. The van der Waals surface area contributed by atoms with E-state index in [1.165, 1.54) is 21.3 Å². The van der Waals surface area contributed by atoms with Gasteiger partial charge in [0.15, 0.2) is 17.9 Å². The van der Waals surface area contributed by atoms with E-state index < -0.39 is 6.35 Å². The van der Waals surface area contributed by atoms with Crippen molar-refractivity contribution in [1.82, 2.24) is 10.7 Å². The summed E-state index contributed by atoms with van der Waals surface area (Å²) in [5.74, 6) is 1.07. The van der Waals surface area contributed by atoms with Crippen LogP contribution in [0.5, 0.6) is 17.2 Å². The number of nitrogens with one attached hydrogen (secondary N) is 4. The van der Waals surface area contributed by atoms with Gasteiger partial charge in [-0.25, -0.2) is 5.43 Å². The normalized spacial score (nSPS) is 15.8. The van der Waals surface area contributed by atoms with Gasteiger partial charge in [-0.2, -0.15) is 0 Å². The fraction of sp³-hybridized carbons (Fsp3) is 0.269. The predicted molar refractivity (Wildman–Crippen MR) is 139 cm³/mol. The molecule has 2 atom stereocenters. The topological polar surface area (TPSA) is 116 Å². The second-order valence-electron chi connectivity index (χ2n) is 8.17. The van der Waals surface area contributed by atoms with Crippen LogP contribution in [0, 0.1) is 0 Å². The van der Waals surface area contributed by atoms with Gasteiger partial charge in [0.05, 0.1) is 33.6 Å². The minimum atomic E-state index is -0.894. The number of hydrogen-bond acceptors (Lipinski definition) is 9. The molecule has 0 bridgehead atoms. The SMILES string of the molecule is COc1cc(NC(=O)c2cccc(N3C[C@H](N[C@@H](O)Nc4ccccc4)CN3)c2)cc(OC)c1OC. The first kappa shape index (κ1) is 25.1. The average Bonchev–Trinajstić information content (AvgIpc) is 3.37. The summed E-state index contributed by atoms with van der Waals surface area (Å²) < 4.78 is 16.1. The zero-order chi connectivity index (χ0) is 25.5. The van der Waals surface area contributed by atoms with E-state index >= 15 is 0 Å². The van der Waals surface area contributed by atoms with E-state index in [0.717, 1.165) is 11.4 Å². The third kappa shape index (κ3) is 5.98. The van der Waals surface area contributed by atoms with Gasteiger partial charge in [-0.3, -0.25) is 10.1 Å². The minimum absolute atomic E-state index is 0.00655. The van der Waals surface area contributed by atoms with E-state index in [-0.39, 0.29) is 11.9 Å². The van der Waals surface area contributed by atoms with Crippen molar-refractivity contribution in [3.63, 3.8) is 0 Å². The number of rotatable bonds is 10. The number of carbonyl (C=O) groups is 1. The number of benzene rings is 3. The van der Waals surface area contributed by atoms with Crippen LogP contribution >= 0.6 is 0 Å². The number of ether oxygens (including phenoxy) is 3. The fourth-order valence-electron chi connectivity index (χ4n) is 4.01. The molecule has 10 heteroatoms. The van der Waals surface area contributed by atoms with Crippen molar-refractivity contribution in [3.8, 4) is 17.2 Å². The van der Waals surface area contributed by atoms with Gasteiger partial charge in [0, 0.05) is 41.7 Å². The van der Waals surface area contributed by atoms with Crippen molar-refractivity contribution in [3.05, 3.63) is 72.3 Å². The number of aliphatic hydroxyl groups excluding tert-OH is 1. The number of hydrazine groups is 1. The molecule has 1 fully saturated rings. The first-order chi connectivity index (χ1) is 17.5. The zero-order valence-corrected chi connectivity index (χ0v) is 20.4. The molecule has 1 saturated heterocycles. The highest BCUT2D eigenvalue weighted by atomic mass is 16.5. The summed E-state index contributed by atoms with van der Waals surface area (Å²) >= 11 is 0. The van der Waals surface area contributed by atoms with Crippen molar-refractivity contribution in [1.29, 1.82) is 0 Å². The van der Waals surface area contributed by atoms with Crippen molar-refractivity contribution >= 4 is 23.0 Å². The molecule has 0 spiro atoms. The number of nitrogens with zero attached hydrogens (tertiary/aromatic N) is 1. The fourth-order valence-corrected chi connectivity index (χ4v) is 4.01. The van der Waals surface area contributed by atoms with E-state index in [0.29, 0.717) is 41.6 Å². The standard InChI is InChI=1S/C26H31N5O5/c1-34-22-13-19(14-23(35-2)24(22)36-3)28-25(32)17-8-7-11-21(12-17)31-16-20(15-27-31)30-26(33)29-18-9-5-4-6-10-18/h4-14,20,26-27,29-30,33H,15-16H2,1-3H3,(H,28,32)/t20-,26+/m1/s1.